The Morgan fingerprint density at radius 2 is 1.30 bits per heavy atom. The molecule has 5 nitrogen and oxygen atoms in total. The van der Waals surface area contributed by atoms with Crippen LogP contribution < -0.4 is 10.6 Å². The van der Waals surface area contributed by atoms with Gasteiger partial charge in [0.05, 0.1) is 5.52 Å². The molecule has 2 rings (SSSR count). The zero-order valence-electron chi connectivity index (χ0n) is 21.8. The molecule has 250 valence electrons. The van der Waals surface area contributed by atoms with Crippen molar-refractivity contribution < 1.29 is 70.7 Å². The second kappa shape index (κ2) is 12.5. The molecule has 0 radical (unpaired) electrons. The van der Waals surface area contributed by atoms with Crippen LogP contribution in [-0.4, -0.2) is 90.2 Å². The lowest BCUT2D eigenvalue weighted by Gasteiger charge is -2.41. The van der Waals surface area contributed by atoms with Crippen LogP contribution in [0, 0.1) is 0 Å². The Kier molecular flexibility index (Phi) is 10.6. The summed E-state index contributed by atoms with van der Waals surface area (Å²) in [4.78, 5) is 17.1. The lowest BCUT2D eigenvalue weighted by molar-refractivity contribution is -0.449. The average Bonchev–Trinajstić information content (AvgIpc) is 2.90. The number of likely N-dealkylation sites (N-methyl/N-ethyl adjacent to an activating group) is 1. The van der Waals surface area contributed by atoms with Crippen LogP contribution in [-0.2, 0) is 4.79 Å². The van der Waals surface area contributed by atoms with Crippen molar-refractivity contribution in [2.75, 3.05) is 38.0 Å². The van der Waals surface area contributed by atoms with Gasteiger partial charge in [0, 0.05) is 48.5 Å². The number of alkyl halides is 15. The second-order valence-corrected chi connectivity index (χ2v) is 9.52. The molecule has 2 aromatic rings. The van der Waals surface area contributed by atoms with E-state index in [2.05, 4.69) is 10.3 Å². The smallest absolute Gasteiger partial charge is 0.383 e. The molecule has 44 heavy (non-hydrogen) atoms. The molecule has 0 aliphatic carbocycles. The summed E-state index contributed by atoms with van der Waals surface area (Å²) in [5, 5.41) is 5.07. The van der Waals surface area contributed by atoms with Crippen LogP contribution in [0.5, 0.6) is 0 Å². The van der Waals surface area contributed by atoms with Gasteiger partial charge in [-0.15, -0.1) is 0 Å². The van der Waals surface area contributed by atoms with E-state index in [0.29, 0.717) is 21.6 Å². The highest BCUT2D eigenvalue weighted by Crippen LogP contribution is 2.62. The highest BCUT2D eigenvalue weighted by Gasteiger charge is 2.94. The molecule has 0 unspecified atom stereocenters. The number of benzene rings is 1. The van der Waals surface area contributed by atoms with E-state index in [0.717, 1.165) is 5.32 Å². The van der Waals surface area contributed by atoms with Crippen molar-refractivity contribution in [1.82, 2.24) is 15.2 Å². The number of nitrogens with one attached hydrogen (secondary N) is 2. The minimum Gasteiger partial charge on any atom is -0.383 e. The standard InChI is InChI=1S/C23H20ClF15N4O/c1-2-43(9-7-41-14-5-6-40-15-11-12(24)3-4-13(14)15)10-8-42-16(44)17(25,26)18(27,28)19(29,30)20(31,32)21(33,34)22(35,36)23(37,38)39/h3-6,11H,2,7-10H2,1H3,(H,40,41)(H,42,44). The molecule has 2 N–H and O–H groups in total. The average molecular weight is 689 g/mol. The van der Waals surface area contributed by atoms with E-state index in [1.54, 1.807) is 24.3 Å². The third-order valence-corrected chi connectivity index (χ3v) is 6.46. The van der Waals surface area contributed by atoms with Crippen molar-refractivity contribution in [2.24, 2.45) is 0 Å². The summed E-state index contributed by atoms with van der Waals surface area (Å²) in [6, 6.07) is 6.40. The Bertz CT molecular complexity index is 1320. The van der Waals surface area contributed by atoms with Gasteiger partial charge < -0.3 is 15.5 Å². The van der Waals surface area contributed by atoms with Crippen LogP contribution in [0.4, 0.5) is 71.5 Å². The molecule has 0 spiro atoms. The maximum absolute atomic E-state index is 14.0. The fourth-order valence-electron chi connectivity index (χ4n) is 3.60. The summed E-state index contributed by atoms with van der Waals surface area (Å²) < 4.78 is 200. The number of nitrogens with zero attached hydrogens (tertiary/aromatic N) is 2. The molecule has 0 saturated heterocycles. The second-order valence-electron chi connectivity index (χ2n) is 9.08. The first-order chi connectivity index (χ1) is 19.8. The normalized spacial score (nSPS) is 14.3. The molecule has 0 saturated carbocycles. The first-order valence-electron chi connectivity index (χ1n) is 11.9. The molecule has 0 aliphatic rings. The Hall–Kier alpha value is -2.90. The van der Waals surface area contributed by atoms with Crippen molar-refractivity contribution >= 4 is 34.1 Å². The van der Waals surface area contributed by atoms with Crippen molar-refractivity contribution in [2.45, 2.75) is 48.6 Å². The summed E-state index contributed by atoms with van der Waals surface area (Å²) in [6.07, 6.45) is -6.25. The van der Waals surface area contributed by atoms with Crippen molar-refractivity contribution in [1.29, 1.82) is 0 Å². The van der Waals surface area contributed by atoms with E-state index < -0.39 is 60.7 Å². The van der Waals surface area contributed by atoms with Crippen LogP contribution in [0.2, 0.25) is 5.02 Å². The number of carbonyl (C=O) groups is 1. The van der Waals surface area contributed by atoms with Gasteiger partial charge in [-0.1, -0.05) is 18.5 Å². The van der Waals surface area contributed by atoms with Gasteiger partial charge >= 0.3 is 41.7 Å². The number of hydrogen-bond acceptors (Lipinski definition) is 4. The highest BCUT2D eigenvalue weighted by atomic mass is 35.5. The zero-order chi connectivity index (χ0) is 34.2. The Morgan fingerprint density at radius 1 is 0.773 bits per heavy atom. The summed E-state index contributed by atoms with van der Waals surface area (Å²) in [6.45, 7) is 0.330. The first-order valence-corrected chi connectivity index (χ1v) is 12.3. The molecule has 1 aromatic heterocycles. The lowest BCUT2D eigenvalue weighted by atomic mass is 9.91. The molecular formula is C23H20ClF15N4O. The topological polar surface area (TPSA) is 57.3 Å². The quantitative estimate of drug-likeness (QED) is 0.208. The number of halogens is 16. The Balaban J connectivity index is 2.09. The largest absolute Gasteiger partial charge is 0.460 e. The molecule has 0 aliphatic heterocycles. The zero-order valence-corrected chi connectivity index (χ0v) is 22.5. The van der Waals surface area contributed by atoms with E-state index in [-0.39, 0.29) is 19.6 Å². The van der Waals surface area contributed by atoms with Crippen LogP contribution in [0.25, 0.3) is 10.9 Å². The number of fused-ring (bicyclic) bond motifs is 1. The minimum atomic E-state index is -8.45. The maximum Gasteiger partial charge on any atom is 0.460 e. The molecule has 21 heteroatoms. The molecule has 0 atom stereocenters. The van der Waals surface area contributed by atoms with Crippen LogP contribution in [0.3, 0.4) is 0 Å². The number of hydrogen-bond donors (Lipinski definition) is 2. The van der Waals surface area contributed by atoms with Gasteiger partial charge in [-0.05, 0) is 30.8 Å². The molecule has 1 heterocycles. The predicted octanol–water partition coefficient (Wildman–Crippen LogP) is 7.11. The van der Waals surface area contributed by atoms with Gasteiger partial charge in [0.1, 0.15) is 0 Å². The van der Waals surface area contributed by atoms with Gasteiger partial charge in [0.25, 0.3) is 5.91 Å². The molecular weight excluding hydrogens is 669 g/mol. The summed E-state index contributed by atoms with van der Waals surface area (Å²) >= 11 is 5.90. The third-order valence-electron chi connectivity index (χ3n) is 6.22. The van der Waals surface area contributed by atoms with Gasteiger partial charge in [-0.25, -0.2) is 0 Å². The van der Waals surface area contributed by atoms with E-state index in [4.69, 9.17) is 11.6 Å². The van der Waals surface area contributed by atoms with Crippen LogP contribution >= 0.6 is 11.6 Å². The molecule has 0 fully saturated rings. The van der Waals surface area contributed by atoms with Gasteiger partial charge in [-0.3, -0.25) is 9.78 Å². The van der Waals surface area contributed by atoms with Crippen LogP contribution in [0.1, 0.15) is 6.92 Å². The summed E-state index contributed by atoms with van der Waals surface area (Å²) in [7, 11) is 0. The van der Waals surface area contributed by atoms with E-state index in [1.807, 2.05) is 0 Å². The summed E-state index contributed by atoms with van der Waals surface area (Å²) in [5.41, 5.74) is 1.10. The Labute approximate surface area is 242 Å². The minimum absolute atomic E-state index is 0.0725. The highest BCUT2D eigenvalue weighted by molar-refractivity contribution is 6.31. The number of carbonyl (C=O) groups excluding carboxylic acids is 1. The van der Waals surface area contributed by atoms with E-state index in [9.17, 15) is 70.7 Å². The molecule has 1 aromatic carbocycles. The number of aromatic nitrogens is 1. The third kappa shape index (κ3) is 6.41. The fourth-order valence-corrected chi connectivity index (χ4v) is 3.77. The van der Waals surface area contributed by atoms with Gasteiger partial charge in [-0.2, -0.15) is 65.9 Å². The predicted molar refractivity (Wildman–Crippen MR) is 126 cm³/mol. The first kappa shape index (κ1) is 37.3. The SMILES string of the molecule is CCN(CCNC(=O)C(F)(F)C(F)(F)C(F)(F)C(F)(F)C(F)(F)C(F)(F)C(F)(F)F)CCNc1ccnc2cc(Cl)ccc12. The lowest BCUT2D eigenvalue weighted by Crippen LogP contribution is -2.74. The summed E-state index contributed by atoms with van der Waals surface area (Å²) in [5.74, 6) is -51.6. The molecule has 0 bridgehead atoms. The van der Waals surface area contributed by atoms with Gasteiger partial charge in [0.2, 0.25) is 0 Å². The molecule has 1 amide bonds. The maximum atomic E-state index is 14.0. The number of amides is 1. The van der Waals surface area contributed by atoms with E-state index in [1.165, 1.54) is 18.0 Å². The number of pyridine rings is 1. The number of anilines is 1. The number of rotatable bonds is 14. The van der Waals surface area contributed by atoms with E-state index >= 15 is 0 Å². The van der Waals surface area contributed by atoms with Crippen molar-refractivity contribution in [3.63, 3.8) is 0 Å². The van der Waals surface area contributed by atoms with Gasteiger partial charge in [0.15, 0.2) is 0 Å². The Morgan fingerprint density at radius 3 is 1.84 bits per heavy atom. The van der Waals surface area contributed by atoms with Crippen molar-refractivity contribution in [3.05, 3.63) is 35.5 Å². The fraction of sp³-hybridized carbons (Fsp3) is 0.565. The monoisotopic (exact) mass is 688 g/mol. The van der Waals surface area contributed by atoms with Crippen molar-refractivity contribution in [3.8, 4) is 0 Å². The van der Waals surface area contributed by atoms with Crippen LogP contribution in [0.15, 0.2) is 30.5 Å².